The molecular weight excluding hydrogens is 556 g/mol. The molecule has 0 spiro atoms. The number of hydrogen-bond donors (Lipinski definition) is 6. The molecule has 6 atom stereocenters. The number of rotatable bonds is 6. The summed E-state index contributed by atoms with van der Waals surface area (Å²) >= 11 is 0. The van der Waals surface area contributed by atoms with Gasteiger partial charge in [-0.1, -0.05) is 64.4 Å². The SMILES string of the molecule is CC[C@@H](C)[C@H]1NC(=O)[C@H](CO)NC(=O)[C@H](Cc2ccccc2)NC(=O)[C@H](C(C)C)NC(=O)CNC(=O)[C@@H]2CCCN2C1=O. The summed E-state index contributed by atoms with van der Waals surface area (Å²) in [7, 11) is 0. The van der Waals surface area contributed by atoms with E-state index >= 15 is 0 Å². The second-order valence-corrected chi connectivity index (χ2v) is 11.6. The van der Waals surface area contributed by atoms with Crippen LogP contribution in [-0.4, -0.2) is 95.4 Å². The highest BCUT2D eigenvalue weighted by Crippen LogP contribution is 2.21. The van der Waals surface area contributed by atoms with Gasteiger partial charge in [0.2, 0.25) is 35.4 Å². The largest absolute Gasteiger partial charge is 0.394 e. The number of aliphatic hydroxyl groups excluding tert-OH is 1. The topological polar surface area (TPSA) is 186 Å². The fourth-order valence-corrected chi connectivity index (χ4v) is 5.25. The van der Waals surface area contributed by atoms with Crippen molar-refractivity contribution >= 4 is 35.4 Å². The van der Waals surface area contributed by atoms with Gasteiger partial charge in [0.1, 0.15) is 30.2 Å². The quantitative estimate of drug-likeness (QED) is 0.241. The lowest BCUT2D eigenvalue weighted by atomic mass is 9.96. The van der Waals surface area contributed by atoms with Gasteiger partial charge in [0.05, 0.1) is 13.2 Å². The molecule has 2 aliphatic heterocycles. The minimum Gasteiger partial charge on any atom is -0.394 e. The molecule has 0 radical (unpaired) electrons. The minimum atomic E-state index is -1.42. The fraction of sp³-hybridized carbons (Fsp3) is 0.600. The van der Waals surface area contributed by atoms with Crippen molar-refractivity contribution in [2.75, 3.05) is 19.7 Å². The van der Waals surface area contributed by atoms with Crippen LogP contribution in [0.5, 0.6) is 0 Å². The molecule has 0 unspecified atom stereocenters. The smallest absolute Gasteiger partial charge is 0.246 e. The molecule has 0 aliphatic carbocycles. The molecule has 6 N–H and O–H groups in total. The molecule has 2 fully saturated rings. The number of benzene rings is 1. The van der Waals surface area contributed by atoms with Gasteiger partial charge in [0.25, 0.3) is 0 Å². The van der Waals surface area contributed by atoms with Crippen LogP contribution < -0.4 is 26.6 Å². The Hall–Kier alpha value is -4.00. The first-order valence-corrected chi connectivity index (χ1v) is 14.9. The van der Waals surface area contributed by atoms with Gasteiger partial charge in [0, 0.05) is 13.0 Å². The van der Waals surface area contributed by atoms with E-state index in [-0.39, 0.29) is 18.3 Å². The lowest BCUT2D eigenvalue weighted by Gasteiger charge is -2.32. The molecule has 2 heterocycles. The maximum Gasteiger partial charge on any atom is 0.246 e. The van der Waals surface area contributed by atoms with E-state index in [1.165, 1.54) is 4.90 Å². The van der Waals surface area contributed by atoms with Crippen LogP contribution in [0.3, 0.4) is 0 Å². The maximum absolute atomic E-state index is 13.7. The Morgan fingerprint density at radius 3 is 2.12 bits per heavy atom. The van der Waals surface area contributed by atoms with E-state index in [9.17, 15) is 33.9 Å². The molecule has 236 valence electrons. The van der Waals surface area contributed by atoms with Gasteiger partial charge in [-0.25, -0.2) is 0 Å². The Morgan fingerprint density at radius 2 is 1.49 bits per heavy atom. The first kappa shape index (κ1) is 33.5. The molecule has 0 bridgehead atoms. The van der Waals surface area contributed by atoms with Crippen LogP contribution in [0.25, 0.3) is 0 Å². The number of fused-ring (bicyclic) bond motifs is 1. The van der Waals surface area contributed by atoms with Crippen molar-refractivity contribution in [3.63, 3.8) is 0 Å². The Bertz CT molecular complexity index is 1180. The molecule has 0 saturated carbocycles. The van der Waals surface area contributed by atoms with Crippen molar-refractivity contribution in [1.82, 2.24) is 31.5 Å². The maximum atomic E-state index is 13.7. The molecule has 2 saturated heterocycles. The first-order chi connectivity index (χ1) is 20.5. The summed E-state index contributed by atoms with van der Waals surface area (Å²) < 4.78 is 0. The van der Waals surface area contributed by atoms with E-state index in [1.54, 1.807) is 51.1 Å². The zero-order chi connectivity index (χ0) is 31.7. The Balaban J connectivity index is 1.98. The molecule has 1 aromatic carbocycles. The zero-order valence-electron chi connectivity index (χ0n) is 25.2. The first-order valence-electron chi connectivity index (χ1n) is 14.9. The van der Waals surface area contributed by atoms with Crippen molar-refractivity contribution < 1.29 is 33.9 Å². The third kappa shape index (κ3) is 8.76. The third-order valence-electron chi connectivity index (χ3n) is 8.04. The highest BCUT2D eigenvalue weighted by molar-refractivity contribution is 5.98. The van der Waals surface area contributed by atoms with E-state index in [0.29, 0.717) is 25.8 Å². The molecule has 13 nitrogen and oxygen atoms in total. The van der Waals surface area contributed by atoms with Crippen LogP contribution in [0, 0.1) is 11.8 Å². The van der Waals surface area contributed by atoms with E-state index in [1.807, 2.05) is 6.92 Å². The number of nitrogens with zero attached hydrogens (tertiary/aromatic N) is 1. The Morgan fingerprint density at radius 1 is 0.837 bits per heavy atom. The van der Waals surface area contributed by atoms with Crippen molar-refractivity contribution in [2.24, 2.45) is 11.8 Å². The van der Waals surface area contributed by atoms with Crippen LogP contribution >= 0.6 is 0 Å². The molecule has 3 rings (SSSR count). The van der Waals surface area contributed by atoms with Crippen LogP contribution in [-0.2, 0) is 35.2 Å². The van der Waals surface area contributed by atoms with Gasteiger partial charge >= 0.3 is 0 Å². The van der Waals surface area contributed by atoms with Gasteiger partial charge in [-0.15, -0.1) is 0 Å². The van der Waals surface area contributed by atoms with Crippen LogP contribution in [0.15, 0.2) is 30.3 Å². The van der Waals surface area contributed by atoms with Gasteiger partial charge < -0.3 is 36.6 Å². The summed E-state index contributed by atoms with van der Waals surface area (Å²) in [6.07, 6.45) is 1.54. The summed E-state index contributed by atoms with van der Waals surface area (Å²) in [6, 6.07) is 3.45. The van der Waals surface area contributed by atoms with Crippen molar-refractivity contribution in [2.45, 2.75) is 83.6 Å². The van der Waals surface area contributed by atoms with Crippen LogP contribution in [0.2, 0.25) is 0 Å². The lowest BCUT2D eigenvalue weighted by Crippen LogP contribution is -2.62. The Kier molecular flexibility index (Phi) is 12.0. The molecule has 2 aliphatic rings. The number of carbonyl (C=O) groups is 6. The predicted octanol–water partition coefficient (Wildman–Crippen LogP) is -1.02. The monoisotopic (exact) mass is 600 g/mol. The summed E-state index contributed by atoms with van der Waals surface area (Å²) in [5.41, 5.74) is 0.727. The second-order valence-electron chi connectivity index (χ2n) is 11.6. The molecule has 13 heteroatoms. The number of hydrogen-bond acceptors (Lipinski definition) is 7. The van der Waals surface area contributed by atoms with Crippen molar-refractivity contribution in [3.05, 3.63) is 35.9 Å². The van der Waals surface area contributed by atoms with Gasteiger partial charge in [-0.05, 0) is 30.2 Å². The fourth-order valence-electron chi connectivity index (χ4n) is 5.25. The van der Waals surface area contributed by atoms with Gasteiger partial charge in [0.15, 0.2) is 0 Å². The molecule has 43 heavy (non-hydrogen) atoms. The van der Waals surface area contributed by atoms with E-state index in [0.717, 1.165) is 5.56 Å². The number of amides is 6. The van der Waals surface area contributed by atoms with E-state index in [2.05, 4.69) is 26.6 Å². The van der Waals surface area contributed by atoms with Crippen LogP contribution in [0.4, 0.5) is 0 Å². The molecular formula is C30H44N6O7. The summed E-state index contributed by atoms with van der Waals surface area (Å²) in [5.74, 6) is -4.39. The standard InChI is InChI=1S/C30H44N6O7/c1-5-18(4)25-30(43)36-13-9-12-22(36)28(41)31-15-23(38)34-24(17(2)3)29(42)32-20(14-19-10-7-6-8-11-19)26(39)33-21(16-37)27(40)35-25/h6-8,10-11,17-18,20-22,24-25,37H,5,9,12-16H2,1-4H3,(H,31,41)(H,32,42)(H,33,39)(H,34,38)(H,35,40)/t18-,20+,21+,22+,24+,25-/m1/s1. The van der Waals surface area contributed by atoms with E-state index < -0.39 is 78.8 Å². The summed E-state index contributed by atoms with van der Waals surface area (Å²) in [4.78, 5) is 81.3. The highest BCUT2D eigenvalue weighted by Gasteiger charge is 2.40. The average Bonchev–Trinajstić information content (AvgIpc) is 3.49. The number of carbonyl (C=O) groups excluding carboxylic acids is 6. The molecule has 6 amide bonds. The van der Waals surface area contributed by atoms with Crippen LogP contribution in [0.1, 0.15) is 52.5 Å². The van der Waals surface area contributed by atoms with E-state index in [4.69, 9.17) is 0 Å². The normalized spacial score (nSPS) is 27.2. The molecule has 0 aromatic heterocycles. The van der Waals surface area contributed by atoms with Gasteiger partial charge in [-0.2, -0.15) is 0 Å². The van der Waals surface area contributed by atoms with Crippen molar-refractivity contribution in [1.29, 1.82) is 0 Å². The lowest BCUT2D eigenvalue weighted by molar-refractivity contribution is -0.143. The molecule has 1 aromatic rings. The number of aliphatic hydroxyl groups is 1. The number of nitrogens with one attached hydrogen (secondary N) is 5. The predicted molar refractivity (Wildman–Crippen MR) is 157 cm³/mol. The summed E-state index contributed by atoms with van der Waals surface area (Å²) in [5, 5.41) is 23.2. The van der Waals surface area contributed by atoms with Gasteiger partial charge in [-0.3, -0.25) is 28.8 Å². The Labute approximate surface area is 251 Å². The second kappa shape index (κ2) is 15.5. The van der Waals surface area contributed by atoms with Crippen molar-refractivity contribution in [3.8, 4) is 0 Å². The highest BCUT2D eigenvalue weighted by atomic mass is 16.3. The zero-order valence-corrected chi connectivity index (χ0v) is 25.2. The summed E-state index contributed by atoms with van der Waals surface area (Å²) in [6.45, 7) is 6.22. The minimum absolute atomic E-state index is 0.0668. The average molecular weight is 601 g/mol. The third-order valence-corrected chi connectivity index (χ3v) is 8.04.